The molecule has 2 rings (SSSR count). The highest BCUT2D eigenvalue weighted by atomic mass is 16.2. The van der Waals surface area contributed by atoms with Gasteiger partial charge in [0.15, 0.2) is 0 Å². The molecule has 0 spiro atoms. The van der Waals surface area contributed by atoms with Crippen molar-refractivity contribution in [3.8, 4) is 0 Å². The van der Waals surface area contributed by atoms with Crippen molar-refractivity contribution >= 4 is 11.8 Å². The molecule has 1 saturated carbocycles. The molecule has 0 radical (unpaired) electrons. The Morgan fingerprint density at radius 1 is 1.35 bits per heavy atom. The molecule has 1 saturated heterocycles. The number of amides is 2. The van der Waals surface area contributed by atoms with Crippen molar-refractivity contribution < 1.29 is 9.59 Å². The summed E-state index contributed by atoms with van der Waals surface area (Å²) in [5, 5.41) is 2.70. The second-order valence-corrected chi connectivity index (χ2v) is 6.80. The number of hydrogen-bond donors (Lipinski definition) is 2. The third kappa shape index (κ3) is 2.82. The van der Waals surface area contributed by atoms with Crippen LogP contribution >= 0.6 is 0 Å². The lowest BCUT2D eigenvalue weighted by Gasteiger charge is -2.33. The van der Waals surface area contributed by atoms with E-state index < -0.39 is 5.41 Å². The van der Waals surface area contributed by atoms with Gasteiger partial charge < -0.3 is 16.0 Å². The smallest absolute Gasteiger partial charge is 0.227 e. The summed E-state index contributed by atoms with van der Waals surface area (Å²) in [5.41, 5.74) is 5.66. The molecule has 20 heavy (non-hydrogen) atoms. The van der Waals surface area contributed by atoms with E-state index in [-0.39, 0.29) is 23.8 Å². The van der Waals surface area contributed by atoms with E-state index in [1.807, 2.05) is 11.8 Å². The van der Waals surface area contributed by atoms with Gasteiger partial charge in [0.25, 0.3) is 0 Å². The highest BCUT2D eigenvalue weighted by molar-refractivity contribution is 5.85. The Labute approximate surface area is 121 Å². The van der Waals surface area contributed by atoms with Crippen LogP contribution in [0.5, 0.6) is 0 Å². The Hall–Kier alpha value is -1.10. The molecule has 4 atom stereocenters. The monoisotopic (exact) mass is 281 g/mol. The molecular formula is C15H27N3O2. The average Bonchev–Trinajstić information content (AvgIpc) is 2.84. The third-order valence-corrected chi connectivity index (χ3v) is 5.17. The minimum atomic E-state index is -0.436. The zero-order valence-corrected chi connectivity index (χ0v) is 12.8. The number of rotatable bonds is 2. The molecule has 1 heterocycles. The summed E-state index contributed by atoms with van der Waals surface area (Å²) in [6.07, 6.45) is 3.49. The summed E-state index contributed by atoms with van der Waals surface area (Å²) in [4.78, 5) is 26.4. The van der Waals surface area contributed by atoms with Gasteiger partial charge in [0, 0.05) is 32.1 Å². The predicted molar refractivity (Wildman–Crippen MR) is 77.9 cm³/mol. The molecule has 1 aliphatic carbocycles. The molecule has 114 valence electrons. The summed E-state index contributed by atoms with van der Waals surface area (Å²) in [6.45, 7) is 5.31. The maximum atomic E-state index is 12.6. The first-order valence-corrected chi connectivity index (χ1v) is 7.64. The summed E-state index contributed by atoms with van der Waals surface area (Å²) < 4.78 is 0. The fraction of sp³-hybridized carbons (Fsp3) is 0.867. The maximum absolute atomic E-state index is 12.6. The number of likely N-dealkylation sites (tertiary alicyclic amines) is 1. The second kappa shape index (κ2) is 5.72. The van der Waals surface area contributed by atoms with Crippen LogP contribution in [0.3, 0.4) is 0 Å². The Balaban J connectivity index is 1.96. The Morgan fingerprint density at radius 3 is 2.65 bits per heavy atom. The van der Waals surface area contributed by atoms with Gasteiger partial charge in [-0.15, -0.1) is 0 Å². The van der Waals surface area contributed by atoms with Crippen molar-refractivity contribution in [2.24, 2.45) is 23.0 Å². The van der Waals surface area contributed by atoms with Gasteiger partial charge in [0.2, 0.25) is 11.8 Å². The normalized spacial score (nSPS) is 37.8. The van der Waals surface area contributed by atoms with Crippen LogP contribution < -0.4 is 11.1 Å². The van der Waals surface area contributed by atoms with Gasteiger partial charge in [-0.1, -0.05) is 6.92 Å². The first-order chi connectivity index (χ1) is 9.37. The Bertz CT molecular complexity index is 399. The fourth-order valence-corrected chi connectivity index (χ4v) is 3.48. The van der Waals surface area contributed by atoms with Crippen LogP contribution in [0.15, 0.2) is 0 Å². The first kappa shape index (κ1) is 15.3. The maximum Gasteiger partial charge on any atom is 0.227 e. The van der Waals surface area contributed by atoms with Crippen LogP contribution in [0.25, 0.3) is 0 Å². The minimum absolute atomic E-state index is 0.0294. The summed E-state index contributed by atoms with van der Waals surface area (Å²) >= 11 is 0. The number of nitrogens with one attached hydrogen (secondary N) is 1. The van der Waals surface area contributed by atoms with Crippen LogP contribution in [0.1, 0.15) is 39.5 Å². The molecule has 0 aromatic carbocycles. The zero-order valence-electron chi connectivity index (χ0n) is 12.8. The summed E-state index contributed by atoms with van der Waals surface area (Å²) in [5.74, 6) is 0.781. The van der Waals surface area contributed by atoms with Gasteiger partial charge in [0.1, 0.15) is 0 Å². The number of carbonyl (C=O) groups is 2. The van der Waals surface area contributed by atoms with E-state index in [2.05, 4.69) is 12.2 Å². The van der Waals surface area contributed by atoms with E-state index in [0.717, 1.165) is 25.7 Å². The molecule has 0 aromatic rings. The van der Waals surface area contributed by atoms with Crippen molar-refractivity contribution in [3.63, 3.8) is 0 Å². The van der Waals surface area contributed by atoms with Crippen molar-refractivity contribution in [1.82, 2.24) is 10.2 Å². The van der Waals surface area contributed by atoms with Crippen molar-refractivity contribution in [3.05, 3.63) is 0 Å². The van der Waals surface area contributed by atoms with E-state index in [9.17, 15) is 9.59 Å². The van der Waals surface area contributed by atoms with Crippen molar-refractivity contribution in [1.29, 1.82) is 0 Å². The topological polar surface area (TPSA) is 75.4 Å². The molecule has 5 nitrogen and oxygen atoms in total. The summed E-state index contributed by atoms with van der Waals surface area (Å²) in [7, 11) is 1.65. The molecule has 0 bridgehead atoms. The predicted octanol–water partition coefficient (Wildman–Crippen LogP) is 0.735. The first-order valence-electron chi connectivity index (χ1n) is 7.64. The lowest BCUT2D eigenvalue weighted by atomic mass is 9.79. The molecule has 3 N–H and O–H groups in total. The summed E-state index contributed by atoms with van der Waals surface area (Å²) in [6, 6.07) is 0.130. The highest BCUT2D eigenvalue weighted by Gasteiger charge is 2.43. The molecule has 2 amide bonds. The van der Waals surface area contributed by atoms with E-state index in [4.69, 9.17) is 5.73 Å². The number of nitrogens with two attached hydrogens (primary N) is 1. The van der Waals surface area contributed by atoms with Gasteiger partial charge in [0.05, 0.1) is 5.41 Å². The van der Waals surface area contributed by atoms with E-state index in [1.165, 1.54) is 0 Å². The van der Waals surface area contributed by atoms with Gasteiger partial charge in [-0.25, -0.2) is 0 Å². The van der Waals surface area contributed by atoms with Crippen LogP contribution in [-0.4, -0.2) is 42.9 Å². The van der Waals surface area contributed by atoms with E-state index >= 15 is 0 Å². The molecule has 2 fully saturated rings. The minimum Gasteiger partial charge on any atom is -0.359 e. The Kier molecular flexibility index (Phi) is 4.37. The molecule has 1 aliphatic heterocycles. The third-order valence-electron chi connectivity index (χ3n) is 5.17. The van der Waals surface area contributed by atoms with Crippen molar-refractivity contribution in [2.75, 3.05) is 20.1 Å². The zero-order chi connectivity index (χ0) is 14.9. The second-order valence-electron chi connectivity index (χ2n) is 6.80. The number of carbonyl (C=O) groups excluding carboxylic acids is 2. The lowest BCUT2D eigenvalue weighted by Crippen LogP contribution is -2.44. The van der Waals surface area contributed by atoms with Crippen LogP contribution in [-0.2, 0) is 9.59 Å². The lowest BCUT2D eigenvalue weighted by molar-refractivity contribution is -0.137. The van der Waals surface area contributed by atoms with Crippen LogP contribution in [0.2, 0.25) is 0 Å². The van der Waals surface area contributed by atoms with Crippen LogP contribution in [0, 0.1) is 17.3 Å². The van der Waals surface area contributed by atoms with E-state index in [0.29, 0.717) is 19.0 Å². The molecule has 5 heteroatoms. The number of nitrogens with zero attached hydrogens (tertiary/aromatic N) is 1. The van der Waals surface area contributed by atoms with Gasteiger partial charge in [-0.05, 0) is 38.5 Å². The quantitative estimate of drug-likeness (QED) is 0.783. The fourth-order valence-electron chi connectivity index (χ4n) is 3.48. The SMILES string of the molecule is CNC(=O)C1(C)CCN(C(=O)C2CCC(C)C(N)C2)C1. The molecule has 2 aliphatic rings. The molecular weight excluding hydrogens is 254 g/mol. The Morgan fingerprint density at radius 2 is 2.05 bits per heavy atom. The number of hydrogen-bond acceptors (Lipinski definition) is 3. The van der Waals surface area contributed by atoms with Gasteiger partial charge >= 0.3 is 0 Å². The highest BCUT2D eigenvalue weighted by Crippen LogP contribution is 2.34. The van der Waals surface area contributed by atoms with Crippen molar-refractivity contribution in [2.45, 2.75) is 45.6 Å². The molecule has 0 aromatic heterocycles. The standard InChI is InChI=1S/C15H27N3O2/c1-10-4-5-11(8-12(10)16)13(19)18-7-6-15(2,9-18)14(20)17-3/h10-12H,4-9,16H2,1-3H3,(H,17,20). The van der Waals surface area contributed by atoms with Gasteiger partial charge in [-0.3, -0.25) is 9.59 Å². The van der Waals surface area contributed by atoms with Gasteiger partial charge in [-0.2, -0.15) is 0 Å². The van der Waals surface area contributed by atoms with E-state index in [1.54, 1.807) is 7.05 Å². The largest absolute Gasteiger partial charge is 0.359 e. The average molecular weight is 281 g/mol. The van der Waals surface area contributed by atoms with Crippen LogP contribution in [0.4, 0.5) is 0 Å². The molecule has 4 unspecified atom stereocenters.